The zero-order valence-electron chi connectivity index (χ0n) is 17.4. The van der Waals surface area contributed by atoms with E-state index in [0.717, 1.165) is 21.9 Å². The Hall–Kier alpha value is -4.32. The summed E-state index contributed by atoms with van der Waals surface area (Å²) in [6, 6.07) is 29.8. The normalized spacial score (nSPS) is 10.9. The SMILES string of the molecule is O=C(NCc1ccccc1)c1n[n+]2ccc3ccccc3c2nc1NCc1ccccc1. The van der Waals surface area contributed by atoms with E-state index in [0.29, 0.717) is 24.6 Å². The van der Waals surface area contributed by atoms with Gasteiger partial charge in [-0.3, -0.25) is 4.79 Å². The summed E-state index contributed by atoms with van der Waals surface area (Å²) < 4.78 is 1.66. The van der Waals surface area contributed by atoms with Crippen LogP contribution in [0.4, 0.5) is 5.82 Å². The van der Waals surface area contributed by atoms with Crippen LogP contribution in [-0.2, 0) is 13.1 Å². The molecular weight excluding hydrogens is 398 g/mol. The first-order valence-electron chi connectivity index (χ1n) is 10.5. The number of nitrogens with zero attached hydrogens (tertiary/aromatic N) is 3. The molecule has 156 valence electrons. The van der Waals surface area contributed by atoms with Gasteiger partial charge in [-0.15, -0.1) is 4.52 Å². The summed E-state index contributed by atoms with van der Waals surface area (Å²) in [6.07, 6.45) is 1.83. The van der Waals surface area contributed by atoms with E-state index >= 15 is 0 Å². The first-order chi connectivity index (χ1) is 15.8. The number of hydrogen-bond donors (Lipinski definition) is 2. The highest BCUT2D eigenvalue weighted by Gasteiger charge is 2.24. The van der Waals surface area contributed by atoms with Crippen LogP contribution < -0.4 is 15.1 Å². The van der Waals surface area contributed by atoms with Crippen molar-refractivity contribution in [3.8, 4) is 0 Å². The van der Waals surface area contributed by atoms with Crippen LogP contribution in [0.3, 0.4) is 0 Å². The Morgan fingerprint density at radius 2 is 1.44 bits per heavy atom. The van der Waals surface area contributed by atoms with Crippen molar-refractivity contribution in [3.63, 3.8) is 0 Å². The maximum absolute atomic E-state index is 13.1. The minimum atomic E-state index is -0.278. The van der Waals surface area contributed by atoms with Crippen LogP contribution in [0.1, 0.15) is 21.6 Å². The molecular formula is C26H22N5O+. The van der Waals surface area contributed by atoms with Gasteiger partial charge in [0.2, 0.25) is 5.69 Å². The molecule has 0 aliphatic carbocycles. The van der Waals surface area contributed by atoms with Gasteiger partial charge in [-0.2, -0.15) is 0 Å². The molecule has 2 aromatic heterocycles. The third-order valence-electron chi connectivity index (χ3n) is 5.28. The van der Waals surface area contributed by atoms with E-state index in [4.69, 9.17) is 4.98 Å². The number of carbonyl (C=O) groups is 1. The first-order valence-corrected chi connectivity index (χ1v) is 10.5. The van der Waals surface area contributed by atoms with Gasteiger partial charge >= 0.3 is 5.65 Å². The Bertz CT molecular complexity index is 1390. The van der Waals surface area contributed by atoms with E-state index in [9.17, 15) is 4.79 Å². The van der Waals surface area contributed by atoms with Crippen molar-refractivity contribution in [2.24, 2.45) is 0 Å². The Labute approximate surface area is 185 Å². The molecule has 0 bridgehead atoms. The van der Waals surface area contributed by atoms with Gasteiger partial charge in [-0.1, -0.05) is 84.0 Å². The van der Waals surface area contributed by atoms with Crippen LogP contribution in [0.25, 0.3) is 16.4 Å². The van der Waals surface area contributed by atoms with Crippen molar-refractivity contribution in [2.75, 3.05) is 5.32 Å². The zero-order valence-corrected chi connectivity index (χ0v) is 17.4. The molecule has 1 amide bonds. The van der Waals surface area contributed by atoms with Crippen molar-refractivity contribution in [1.82, 2.24) is 15.4 Å². The van der Waals surface area contributed by atoms with Gasteiger partial charge in [-0.25, -0.2) is 0 Å². The smallest absolute Gasteiger partial charge is 0.346 e. The highest BCUT2D eigenvalue weighted by Crippen LogP contribution is 2.18. The van der Waals surface area contributed by atoms with Crippen LogP contribution in [0.2, 0.25) is 0 Å². The number of anilines is 1. The Balaban J connectivity index is 1.52. The third kappa shape index (κ3) is 4.11. The molecule has 0 fully saturated rings. The number of fused-ring (bicyclic) bond motifs is 3. The molecule has 5 rings (SSSR count). The third-order valence-corrected chi connectivity index (χ3v) is 5.28. The fraction of sp³-hybridized carbons (Fsp3) is 0.0769. The van der Waals surface area contributed by atoms with E-state index in [1.54, 1.807) is 4.52 Å². The Morgan fingerprint density at radius 1 is 0.781 bits per heavy atom. The molecule has 0 radical (unpaired) electrons. The van der Waals surface area contributed by atoms with Crippen LogP contribution in [0.15, 0.2) is 97.2 Å². The lowest BCUT2D eigenvalue weighted by Gasteiger charge is -2.08. The monoisotopic (exact) mass is 420 g/mol. The number of nitrogens with one attached hydrogen (secondary N) is 2. The van der Waals surface area contributed by atoms with Crippen LogP contribution in [0, 0.1) is 0 Å². The fourth-order valence-electron chi connectivity index (χ4n) is 3.62. The number of hydrogen-bond acceptors (Lipinski definition) is 4. The van der Waals surface area contributed by atoms with E-state index in [1.165, 1.54) is 0 Å². The second-order valence-corrected chi connectivity index (χ2v) is 7.49. The predicted octanol–water partition coefficient (Wildman–Crippen LogP) is 3.91. The molecule has 0 saturated heterocycles. The number of rotatable bonds is 6. The summed E-state index contributed by atoms with van der Waals surface area (Å²) in [6.45, 7) is 0.954. The minimum Gasteiger partial charge on any atom is -0.346 e. The molecule has 32 heavy (non-hydrogen) atoms. The standard InChI is InChI=1S/C26H21N5O/c32-26(28-18-20-11-5-2-6-12-20)23-24(27-17-19-9-3-1-4-10-19)29-25-22-14-8-7-13-21(22)15-16-31(25)30-23/h1-16H,17-18H2,(H,28,32)/p+1. The molecule has 0 unspecified atom stereocenters. The lowest BCUT2D eigenvalue weighted by atomic mass is 10.2. The van der Waals surface area contributed by atoms with Crippen LogP contribution in [0.5, 0.6) is 0 Å². The summed E-state index contributed by atoms with van der Waals surface area (Å²) in [5.74, 6) is 0.176. The average molecular weight is 420 g/mol. The Morgan fingerprint density at radius 3 is 2.19 bits per heavy atom. The van der Waals surface area contributed by atoms with Crippen LogP contribution in [-0.4, -0.2) is 16.0 Å². The van der Waals surface area contributed by atoms with Crippen molar-refractivity contribution in [1.29, 1.82) is 0 Å². The quantitative estimate of drug-likeness (QED) is 0.323. The summed E-state index contributed by atoms with van der Waals surface area (Å²) >= 11 is 0. The number of aromatic nitrogens is 3. The van der Waals surface area contributed by atoms with Crippen molar-refractivity contribution < 1.29 is 9.31 Å². The number of amides is 1. The summed E-state index contributed by atoms with van der Waals surface area (Å²) in [5.41, 5.74) is 3.06. The lowest BCUT2D eigenvalue weighted by Crippen LogP contribution is -2.35. The fourth-order valence-corrected chi connectivity index (χ4v) is 3.62. The topological polar surface area (TPSA) is 71.0 Å². The largest absolute Gasteiger partial charge is 0.358 e. The highest BCUT2D eigenvalue weighted by atomic mass is 16.2. The molecule has 6 nitrogen and oxygen atoms in total. The molecule has 5 aromatic rings. The van der Waals surface area contributed by atoms with Crippen molar-refractivity contribution in [2.45, 2.75) is 13.1 Å². The first kappa shape index (κ1) is 19.6. The average Bonchev–Trinajstić information content (AvgIpc) is 2.86. The molecule has 0 spiro atoms. The second kappa shape index (κ2) is 8.81. The van der Waals surface area contributed by atoms with Gasteiger partial charge in [0.25, 0.3) is 11.7 Å². The van der Waals surface area contributed by atoms with Crippen molar-refractivity contribution in [3.05, 3.63) is 114 Å². The van der Waals surface area contributed by atoms with E-state index in [-0.39, 0.29) is 11.6 Å². The van der Waals surface area contributed by atoms with E-state index in [2.05, 4.69) is 15.7 Å². The van der Waals surface area contributed by atoms with Gasteiger partial charge in [0, 0.05) is 13.1 Å². The zero-order chi connectivity index (χ0) is 21.8. The van der Waals surface area contributed by atoms with E-state index in [1.807, 2.05) is 97.2 Å². The molecule has 2 N–H and O–H groups in total. The highest BCUT2D eigenvalue weighted by molar-refractivity contribution is 5.97. The van der Waals surface area contributed by atoms with Gasteiger partial charge < -0.3 is 10.6 Å². The molecule has 2 heterocycles. The van der Waals surface area contributed by atoms with Crippen molar-refractivity contribution >= 4 is 28.1 Å². The molecule has 0 aliphatic rings. The second-order valence-electron chi connectivity index (χ2n) is 7.49. The summed E-state index contributed by atoms with van der Waals surface area (Å²) in [5, 5.41) is 12.9. The predicted molar refractivity (Wildman–Crippen MR) is 124 cm³/mol. The van der Waals surface area contributed by atoms with Gasteiger partial charge in [0.15, 0.2) is 0 Å². The molecule has 6 heteroatoms. The number of pyridine rings is 1. The lowest BCUT2D eigenvalue weighted by molar-refractivity contribution is -0.582. The molecule has 3 aromatic carbocycles. The Kier molecular flexibility index (Phi) is 5.41. The molecule has 0 atom stereocenters. The maximum Gasteiger partial charge on any atom is 0.358 e. The molecule has 0 aliphatic heterocycles. The van der Waals surface area contributed by atoms with Gasteiger partial charge in [-0.05, 0) is 33.6 Å². The molecule has 0 saturated carbocycles. The number of carbonyl (C=O) groups excluding carboxylic acids is 1. The minimum absolute atomic E-state index is 0.254. The summed E-state index contributed by atoms with van der Waals surface area (Å²) in [4.78, 5) is 17.9. The van der Waals surface area contributed by atoms with Gasteiger partial charge in [0.05, 0.1) is 5.39 Å². The number of benzene rings is 3. The van der Waals surface area contributed by atoms with Gasteiger partial charge in [0.1, 0.15) is 6.20 Å². The van der Waals surface area contributed by atoms with Crippen LogP contribution >= 0.6 is 0 Å². The van der Waals surface area contributed by atoms with E-state index < -0.39 is 0 Å². The summed E-state index contributed by atoms with van der Waals surface area (Å²) in [7, 11) is 0. The maximum atomic E-state index is 13.1.